The number of fused-ring (bicyclic) bond motifs is 1. The third-order valence-electron chi connectivity index (χ3n) is 3.36. The summed E-state index contributed by atoms with van der Waals surface area (Å²) in [6, 6.07) is 9.30. The molecule has 5 nitrogen and oxygen atoms in total. The van der Waals surface area contributed by atoms with Gasteiger partial charge in [-0.05, 0) is 29.3 Å². The molecule has 0 fully saturated rings. The van der Waals surface area contributed by atoms with E-state index >= 15 is 0 Å². The predicted molar refractivity (Wildman–Crippen MR) is 75.8 cm³/mol. The number of hydrogen-bond donors (Lipinski definition) is 1. The second kappa shape index (κ2) is 3.98. The van der Waals surface area contributed by atoms with Gasteiger partial charge in [-0.2, -0.15) is 0 Å². The van der Waals surface area contributed by atoms with Crippen LogP contribution in [0.3, 0.4) is 0 Å². The van der Waals surface area contributed by atoms with E-state index in [2.05, 4.69) is 4.98 Å². The van der Waals surface area contributed by atoms with Crippen LogP contribution < -0.4 is 11.3 Å². The Bertz CT molecular complexity index is 829. The highest BCUT2D eigenvalue weighted by atomic mass is 16.1. The molecular formula is C14H14N4O. The van der Waals surface area contributed by atoms with E-state index in [9.17, 15) is 4.79 Å². The van der Waals surface area contributed by atoms with Gasteiger partial charge in [-0.15, -0.1) is 0 Å². The number of benzene rings is 1. The van der Waals surface area contributed by atoms with E-state index in [1.165, 1.54) is 4.57 Å². The van der Waals surface area contributed by atoms with Crippen LogP contribution in [0.1, 0.15) is 0 Å². The summed E-state index contributed by atoms with van der Waals surface area (Å²) in [5.41, 5.74) is 9.42. The van der Waals surface area contributed by atoms with Gasteiger partial charge in [0.15, 0.2) is 0 Å². The van der Waals surface area contributed by atoms with E-state index in [-0.39, 0.29) is 5.56 Å². The second-order valence-electron chi connectivity index (χ2n) is 4.63. The summed E-state index contributed by atoms with van der Waals surface area (Å²) in [6.07, 6.45) is 1.77. The molecule has 0 amide bonds. The normalized spacial score (nSPS) is 11.1. The summed E-state index contributed by atoms with van der Waals surface area (Å²) in [6.45, 7) is 0. The maximum Gasteiger partial charge on any atom is 0.252 e. The fourth-order valence-electron chi connectivity index (χ4n) is 2.14. The van der Waals surface area contributed by atoms with Crippen molar-refractivity contribution < 1.29 is 0 Å². The van der Waals surface area contributed by atoms with Crippen molar-refractivity contribution in [3.63, 3.8) is 0 Å². The SMILES string of the molecule is Cn1c(N)cc(-c2ccc3c(c2)ncn3C)cc1=O. The summed E-state index contributed by atoms with van der Waals surface area (Å²) in [4.78, 5) is 16.1. The van der Waals surface area contributed by atoms with Crippen molar-refractivity contribution in [3.05, 3.63) is 47.0 Å². The van der Waals surface area contributed by atoms with Gasteiger partial charge in [0.1, 0.15) is 5.82 Å². The molecule has 3 aromatic rings. The van der Waals surface area contributed by atoms with Gasteiger partial charge in [0.25, 0.3) is 5.56 Å². The minimum absolute atomic E-state index is 0.115. The van der Waals surface area contributed by atoms with E-state index in [1.54, 1.807) is 25.5 Å². The lowest BCUT2D eigenvalue weighted by Gasteiger charge is -2.07. The molecule has 0 unspecified atom stereocenters. The van der Waals surface area contributed by atoms with Gasteiger partial charge in [0.05, 0.1) is 17.4 Å². The van der Waals surface area contributed by atoms with Gasteiger partial charge in [0, 0.05) is 20.2 Å². The zero-order chi connectivity index (χ0) is 13.6. The molecule has 19 heavy (non-hydrogen) atoms. The summed E-state index contributed by atoms with van der Waals surface area (Å²) >= 11 is 0. The number of pyridine rings is 1. The van der Waals surface area contributed by atoms with Crippen molar-refractivity contribution in [1.82, 2.24) is 14.1 Å². The van der Waals surface area contributed by atoms with E-state index in [0.29, 0.717) is 5.82 Å². The Labute approximate surface area is 109 Å². The molecule has 5 heteroatoms. The van der Waals surface area contributed by atoms with Crippen LogP contribution in [-0.4, -0.2) is 14.1 Å². The maximum absolute atomic E-state index is 11.8. The highest BCUT2D eigenvalue weighted by Gasteiger charge is 2.06. The van der Waals surface area contributed by atoms with Gasteiger partial charge in [-0.25, -0.2) is 4.98 Å². The van der Waals surface area contributed by atoms with Crippen LogP contribution in [0.5, 0.6) is 0 Å². The molecule has 0 spiro atoms. The molecule has 0 saturated heterocycles. The first-order chi connectivity index (χ1) is 9.06. The number of hydrogen-bond acceptors (Lipinski definition) is 3. The molecular weight excluding hydrogens is 240 g/mol. The highest BCUT2D eigenvalue weighted by molar-refractivity contribution is 5.82. The minimum atomic E-state index is -0.115. The van der Waals surface area contributed by atoms with Crippen molar-refractivity contribution >= 4 is 16.9 Å². The first kappa shape index (κ1) is 11.5. The third kappa shape index (κ3) is 1.79. The highest BCUT2D eigenvalue weighted by Crippen LogP contribution is 2.23. The van der Waals surface area contributed by atoms with Crippen LogP contribution in [0.4, 0.5) is 5.82 Å². The number of anilines is 1. The molecule has 0 aliphatic carbocycles. The van der Waals surface area contributed by atoms with Gasteiger partial charge in [-0.1, -0.05) is 6.07 Å². The average Bonchev–Trinajstić information content (AvgIpc) is 2.76. The molecule has 2 aromatic heterocycles. The molecule has 1 aromatic carbocycles. The Morgan fingerprint density at radius 3 is 2.63 bits per heavy atom. The van der Waals surface area contributed by atoms with Gasteiger partial charge < -0.3 is 10.3 Å². The van der Waals surface area contributed by atoms with Crippen molar-refractivity contribution in [2.24, 2.45) is 14.1 Å². The molecule has 0 saturated carbocycles. The summed E-state index contributed by atoms with van der Waals surface area (Å²) in [5.74, 6) is 0.448. The Hall–Kier alpha value is -2.56. The van der Waals surface area contributed by atoms with Crippen LogP contribution in [0.25, 0.3) is 22.2 Å². The van der Waals surface area contributed by atoms with Crippen molar-refractivity contribution in [3.8, 4) is 11.1 Å². The van der Waals surface area contributed by atoms with Crippen LogP contribution in [0.15, 0.2) is 41.5 Å². The number of aromatic nitrogens is 3. The Balaban J connectivity index is 2.21. The lowest BCUT2D eigenvalue weighted by Crippen LogP contribution is -2.18. The number of imidazole rings is 1. The van der Waals surface area contributed by atoms with Crippen LogP contribution >= 0.6 is 0 Å². The number of rotatable bonds is 1. The second-order valence-corrected chi connectivity index (χ2v) is 4.63. The Morgan fingerprint density at radius 1 is 1.11 bits per heavy atom. The number of nitrogen functional groups attached to an aromatic ring is 1. The zero-order valence-electron chi connectivity index (χ0n) is 10.8. The van der Waals surface area contributed by atoms with Crippen LogP contribution in [0.2, 0.25) is 0 Å². The quantitative estimate of drug-likeness (QED) is 0.716. The van der Waals surface area contributed by atoms with Gasteiger partial charge in [-0.3, -0.25) is 9.36 Å². The number of aryl methyl sites for hydroxylation is 1. The first-order valence-electron chi connectivity index (χ1n) is 5.94. The van der Waals surface area contributed by atoms with Crippen molar-refractivity contribution in [2.75, 3.05) is 5.73 Å². The molecule has 0 bridgehead atoms. The molecule has 3 rings (SSSR count). The Kier molecular flexibility index (Phi) is 2.41. The summed E-state index contributed by atoms with van der Waals surface area (Å²) < 4.78 is 3.38. The summed E-state index contributed by atoms with van der Waals surface area (Å²) in [7, 11) is 3.61. The van der Waals surface area contributed by atoms with E-state index < -0.39 is 0 Å². The standard InChI is InChI=1S/C14H14N4O/c1-17-8-16-11-5-9(3-4-12(11)17)10-6-13(15)18(2)14(19)7-10/h3-8H,15H2,1-2H3. The molecule has 0 aliphatic rings. The third-order valence-corrected chi connectivity index (χ3v) is 3.36. The monoisotopic (exact) mass is 254 g/mol. The summed E-state index contributed by atoms with van der Waals surface area (Å²) in [5, 5.41) is 0. The molecule has 2 heterocycles. The van der Waals surface area contributed by atoms with E-state index in [0.717, 1.165) is 22.2 Å². The maximum atomic E-state index is 11.8. The fourth-order valence-corrected chi connectivity index (χ4v) is 2.14. The first-order valence-corrected chi connectivity index (χ1v) is 5.94. The molecule has 0 atom stereocenters. The number of nitrogens with two attached hydrogens (primary N) is 1. The largest absolute Gasteiger partial charge is 0.385 e. The van der Waals surface area contributed by atoms with Gasteiger partial charge >= 0.3 is 0 Å². The van der Waals surface area contributed by atoms with Crippen LogP contribution in [0, 0.1) is 0 Å². The zero-order valence-corrected chi connectivity index (χ0v) is 10.8. The topological polar surface area (TPSA) is 65.8 Å². The fraction of sp³-hybridized carbons (Fsp3) is 0.143. The minimum Gasteiger partial charge on any atom is -0.385 e. The molecule has 96 valence electrons. The van der Waals surface area contributed by atoms with Crippen LogP contribution in [-0.2, 0) is 14.1 Å². The average molecular weight is 254 g/mol. The van der Waals surface area contributed by atoms with Crippen molar-refractivity contribution in [2.45, 2.75) is 0 Å². The smallest absolute Gasteiger partial charge is 0.252 e. The van der Waals surface area contributed by atoms with Crippen molar-refractivity contribution in [1.29, 1.82) is 0 Å². The lowest BCUT2D eigenvalue weighted by molar-refractivity contribution is 0.876. The molecule has 0 radical (unpaired) electrons. The predicted octanol–water partition coefficient (Wildman–Crippen LogP) is 1.52. The van der Waals surface area contributed by atoms with E-state index in [4.69, 9.17) is 5.73 Å². The van der Waals surface area contributed by atoms with E-state index in [1.807, 2.05) is 29.8 Å². The lowest BCUT2D eigenvalue weighted by atomic mass is 10.1. The Morgan fingerprint density at radius 2 is 1.89 bits per heavy atom. The molecule has 2 N–H and O–H groups in total. The van der Waals surface area contributed by atoms with Gasteiger partial charge in [0.2, 0.25) is 0 Å². The molecule has 0 aliphatic heterocycles. The number of nitrogens with zero attached hydrogens (tertiary/aromatic N) is 3.